The van der Waals surface area contributed by atoms with Gasteiger partial charge in [0.25, 0.3) is 0 Å². The van der Waals surface area contributed by atoms with Gasteiger partial charge < -0.3 is 0 Å². The minimum absolute atomic E-state index is 0.0393. The van der Waals surface area contributed by atoms with Crippen LogP contribution in [0.5, 0.6) is 0 Å². The number of nitrogens with zero attached hydrogens (tertiary/aromatic N) is 2. The maximum Gasteiger partial charge on any atom is 0.179 e. The van der Waals surface area contributed by atoms with Gasteiger partial charge in [0, 0.05) is 6.20 Å². The van der Waals surface area contributed by atoms with Gasteiger partial charge in [-0.3, -0.25) is 4.79 Å². The third kappa shape index (κ3) is 2.34. The van der Waals surface area contributed by atoms with Gasteiger partial charge in [0.2, 0.25) is 0 Å². The molecule has 0 fully saturated rings. The van der Waals surface area contributed by atoms with E-state index in [1.807, 2.05) is 6.92 Å². The molecular weight excluding hydrogens is 232 g/mol. The Hall–Kier alpha value is -0.770. The van der Waals surface area contributed by atoms with E-state index in [0.29, 0.717) is 5.56 Å². The smallest absolute Gasteiger partial charge is 0.179 e. The van der Waals surface area contributed by atoms with Crippen molar-refractivity contribution in [2.24, 2.45) is 0 Å². The van der Waals surface area contributed by atoms with E-state index in [-0.39, 0.29) is 10.6 Å². The molecule has 0 aliphatic heterocycles. The highest BCUT2D eigenvalue weighted by atomic mass is 79.9. The van der Waals surface area contributed by atoms with Gasteiger partial charge in [0.1, 0.15) is 6.33 Å². The number of rotatable bonds is 3. The fraction of sp³-hybridized carbons (Fsp3) is 0.444. The fourth-order valence-corrected chi connectivity index (χ4v) is 1.30. The number of halogens is 1. The highest BCUT2D eigenvalue weighted by Crippen LogP contribution is 2.11. The Morgan fingerprint density at radius 2 is 2.38 bits per heavy atom. The first-order valence-electron chi connectivity index (χ1n) is 4.14. The molecule has 0 aliphatic carbocycles. The van der Waals surface area contributed by atoms with Gasteiger partial charge in [-0.15, -0.1) is 0 Å². The van der Waals surface area contributed by atoms with Gasteiger partial charge in [-0.2, -0.15) is 0 Å². The summed E-state index contributed by atoms with van der Waals surface area (Å²) in [5, 5.41) is 0. The lowest BCUT2D eigenvalue weighted by molar-refractivity contribution is 0.0994. The molecule has 1 aromatic heterocycles. The highest BCUT2D eigenvalue weighted by Gasteiger charge is 2.15. The quantitative estimate of drug-likeness (QED) is 0.602. The summed E-state index contributed by atoms with van der Waals surface area (Å²) in [6.07, 6.45) is 3.80. The van der Waals surface area contributed by atoms with Crippen molar-refractivity contribution in [1.29, 1.82) is 0 Å². The number of Topliss-reactive ketones (excluding diaryl/α,β-unsaturated/α-hetero) is 1. The van der Waals surface area contributed by atoms with E-state index in [1.165, 1.54) is 6.33 Å². The third-order valence-corrected chi connectivity index (χ3v) is 2.17. The van der Waals surface area contributed by atoms with Gasteiger partial charge in [0.05, 0.1) is 16.1 Å². The van der Waals surface area contributed by atoms with Crippen molar-refractivity contribution in [1.82, 2.24) is 9.97 Å². The van der Waals surface area contributed by atoms with Crippen molar-refractivity contribution in [3.8, 4) is 0 Å². The number of hydrogen-bond acceptors (Lipinski definition) is 3. The van der Waals surface area contributed by atoms with Crippen LogP contribution in [0.25, 0.3) is 0 Å². The van der Waals surface area contributed by atoms with Crippen molar-refractivity contribution < 1.29 is 4.79 Å². The summed E-state index contributed by atoms with van der Waals surface area (Å²) in [4.78, 5) is 19.3. The normalized spacial score (nSPS) is 12.5. The van der Waals surface area contributed by atoms with Crippen molar-refractivity contribution in [2.45, 2.75) is 25.1 Å². The van der Waals surface area contributed by atoms with Crippen molar-refractivity contribution in [3.63, 3.8) is 0 Å². The zero-order valence-corrected chi connectivity index (χ0v) is 9.21. The van der Waals surface area contributed by atoms with E-state index in [9.17, 15) is 4.79 Å². The van der Waals surface area contributed by atoms with Gasteiger partial charge in [0.15, 0.2) is 5.78 Å². The Kier molecular flexibility index (Phi) is 3.54. The molecule has 1 heterocycles. The average Bonchev–Trinajstić information content (AvgIpc) is 2.16. The van der Waals surface area contributed by atoms with Gasteiger partial charge in [-0.05, 0) is 13.3 Å². The number of aryl methyl sites for hydroxylation is 1. The molecule has 0 amide bonds. The topological polar surface area (TPSA) is 42.9 Å². The van der Waals surface area contributed by atoms with Crippen LogP contribution in [0, 0.1) is 0 Å². The summed E-state index contributed by atoms with van der Waals surface area (Å²) in [5.41, 5.74) is 1.43. The van der Waals surface area contributed by atoms with E-state index in [4.69, 9.17) is 0 Å². The molecule has 3 nitrogen and oxygen atoms in total. The van der Waals surface area contributed by atoms with Gasteiger partial charge in [-0.25, -0.2) is 9.97 Å². The first kappa shape index (κ1) is 10.3. The predicted molar refractivity (Wildman–Crippen MR) is 54.1 cm³/mol. The van der Waals surface area contributed by atoms with Crippen LogP contribution in [0.3, 0.4) is 0 Å². The van der Waals surface area contributed by atoms with Crippen LogP contribution >= 0.6 is 15.9 Å². The summed E-state index contributed by atoms with van der Waals surface area (Å²) >= 11 is 3.23. The predicted octanol–water partition coefficient (Wildman–Crippen LogP) is 2.01. The second kappa shape index (κ2) is 4.46. The van der Waals surface area contributed by atoms with Crippen LogP contribution in [0.15, 0.2) is 12.5 Å². The maximum atomic E-state index is 11.6. The molecule has 1 atom stereocenters. The molecule has 0 saturated heterocycles. The summed E-state index contributed by atoms with van der Waals surface area (Å²) in [5.74, 6) is 0.0393. The molecular formula is C9H11BrN2O. The molecule has 0 bridgehead atoms. The third-order valence-electron chi connectivity index (χ3n) is 1.76. The van der Waals surface area contributed by atoms with Crippen molar-refractivity contribution in [2.75, 3.05) is 0 Å². The van der Waals surface area contributed by atoms with Crippen LogP contribution in [-0.4, -0.2) is 20.6 Å². The van der Waals surface area contributed by atoms with Crippen molar-refractivity contribution >= 4 is 21.7 Å². The van der Waals surface area contributed by atoms with E-state index in [2.05, 4.69) is 25.9 Å². The number of ketones is 1. The van der Waals surface area contributed by atoms with Gasteiger partial charge in [-0.1, -0.05) is 22.9 Å². The molecule has 0 saturated carbocycles. The molecule has 1 aromatic rings. The molecule has 0 aliphatic rings. The van der Waals surface area contributed by atoms with Crippen LogP contribution in [0.4, 0.5) is 0 Å². The average molecular weight is 243 g/mol. The Morgan fingerprint density at radius 1 is 1.69 bits per heavy atom. The van der Waals surface area contributed by atoms with E-state index < -0.39 is 0 Å². The monoisotopic (exact) mass is 242 g/mol. The number of alkyl halides is 1. The summed E-state index contributed by atoms with van der Waals surface area (Å²) in [6, 6.07) is 0. The first-order valence-corrected chi connectivity index (χ1v) is 5.05. The minimum Gasteiger partial charge on any atom is -0.293 e. The highest BCUT2D eigenvalue weighted by molar-refractivity contribution is 9.10. The van der Waals surface area contributed by atoms with Crippen LogP contribution in [0.1, 0.15) is 29.9 Å². The fourth-order valence-electron chi connectivity index (χ4n) is 1.06. The Labute approximate surface area is 85.7 Å². The second-order valence-electron chi connectivity index (χ2n) is 2.72. The Balaban J connectivity index is 3.06. The molecule has 0 spiro atoms. The van der Waals surface area contributed by atoms with E-state index in [1.54, 1.807) is 13.1 Å². The molecule has 4 heteroatoms. The minimum atomic E-state index is -0.177. The maximum absolute atomic E-state index is 11.6. The molecule has 13 heavy (non-hydrogen) atoms. The molecule has 0 N–H and O–H groups in total. The molecule has 1 unspecified atom stereocenters. The van der Waals surface area contributed by atoms with Crippen LogP contribution < -0.4 is 0 Å². The van der Waals surface area contributed by atoms with Crippen LogP contribution in [-0.2, 0) is 6.42 Å². The summed E-state index contributed by atoms with van der Waals surface area (Å²) in [6.45, 7) is 3.77. The molecule has 0 radical (unpaired) electrons. The molecule has 0 aromatic carbocycles. The van der Waals surface area contributed by atoms with E-state index >= 15 is 0 Å². The SMILES string of the molecule is CCc1ncncc1C(=O)C(C)Br. The zero-order chi connectivity index (χ0) is 9.84. The zero-order valence-electron chi connectivity index (χ0n) is 7.62. The van der Waals surface area contributed by atoms with Gasteiger partial charge >= 0.3 is 0 Å². The first-order chi connectivity index (χ1) is 6.16. The van der Waals surface area contributed by atoms with E-state index in [0.717, 1.165) is 12.1 Å². The Morgan fingerprint density at radius 3 is 2.92 bits per heavy atom. The lowest BCUT2D eigenvalue weighted by Crippen LogP contribution is -2.13. The van der Waals surface area contributed by atoms with Crippen LogP contribution in [0.2, 0.25) is 0 Å². The Bertz CT molecular complexity index is 312. The number of hydrogen-bond donors (Lipinski definition) is 0. The number of carbonyl (C=O) groups is 1. The lowest BCUT2D eigenvalue weighted by Gasteiger charge is -2.05. The standard InChI is InChI=1S/C9H11BrN2O/c1-3-8-7(4-11-5-12-8)9(13)6(2)10/h4-6H,3H2,1-2H3. The lowest BCUT2D eigenvalue weighted by atomic mass is 10.1. The second-order valence-corrected chi connectivity index (χ2v) is 4.09. The number of aromatic nitrogens is 2. The number of carbonyl (C=O) groups excluding carboxylic acids is 1. The molecule has 1 rings (SSSR count). The molecule has 70 valence electrons. The summed E-state index contributed by atoms with van der Waals surface area (Å²) < 4.78 is 0. The summed E-state index contributed by atoms with van der Waals surface area (Å²) in [7, 11) is 0. The largest absolute Gasteiger partial charge is 0.293 e. The van der Waals surface area contributed by atoms with Crippen molar-refractivity contribution in [3.05, 3.63) is 23.8 Å².